The van der Waals surface area contributed by atoms with E-state index in [9.17, 15) is 0 Å². The lowest BCUT2D eigenvalue weighted by atomic mass is 10.1. The molecule has 1 aromatic heterocycles. The van der Waals surface area contributed by atoms with E-state index in [1.807, 2.05) is 31.2 Å². The topological polar surface area (TPSA) is 51.8 Å². The summed E-state index contributed by atoms with van der Waals surface area (Å²) in [6.45, 7) is 1.95. The van der Waals surface area contributed by atoms with Crippen LogP contribution in [0.15, 0.2) is 24.3 Å². The van der Waals surface area contributed by atoms with Gasteiger partial charge in [0.15, 0.2) is 0 Å². The van der Waals surface area contributed by atoms with Crippen molar-refractivity contribution in [2.24, 2.45) is 0 Å². The van der Waals surface area contributed by atoms with Crippen molar-refractivity contribution in [1.29, 1.82) is 0 Å². The van der Waals surface area contributed by atoms with Crippen molar-refractivity contribution < 1.29 is 0 Å². The predicted molar refractivity (Wildman–Crippen MR) is 54.5 cm³/mol. The molecule has 1 heterocycles. The molecule has 0 saturated carbocycles. The maximum atomic E-state index is 5.68. The number of nitrogen functional groups attached to an aromatic ring is 1. The molecule has 2 aromatic rings. The van der Waals surface area contributed by atoms with Crippen molar-refractivity contribution >= 4 is 17.2 Å². The Morgan fingerprint density at radius 1 is 1.38 bits per heavy atom. The lowest BCUT2D eigenvalue weighted by Gasteiger charge is -1.98. The van der Waals surface area contributed by atoms with Crippen LogP contribution in [0.25, 0.3) is 10.4 Å². The van der Waals surface area contributed by atoms with Gasteiger partial charge in [0.25, 0.3) is 0 Å². The van der Waals surface area contributed by atoms with Crippen molar-refractivity contribution in [3.05, 3.63) is 30.0 Å². The first-order valence-electron chi connectivity index (χ1n) is 3.92. The zero-order chi connectivity index (χ0) is 9.26. The highest BCUT2D eigenvalue weighted by atomic mass is 32.1. The van der Waals surface area contributed by atoms with Gasteiger partial charge < -0.3 is 5.73 Å². The molecular formula is C9H9N3S. The van der Waals surface area contributed by atoms with Crippen molar-refractivity contribution in [2.45, 2.75) is 6.92 Å². The van der Waals surface area contributed by atoms with Crippen LogP contribution in [0.5, 0.6) is 0 Å². The average molecular weight is 191 g/mol. The predicted octanol–water partition coefficient (Wildman–Crippen LogP) is 2.10. The third kappa shape index (κ3) is 1.53. The molecule has 3 nitrogen and oxygen atoms in total. The molecule has 2 N–H and O–H groups in total. The van der Waals surface area contributed by atoms with Crippen LogP contribution in [-0.4, -0.2) is 9.59 Å². The van der Waals surface area contributed by atoms with Gasteiger partial charge >= 0.3 is 0 Å². The Hall–Kier alpha value is -1.42. The molecule has 0 aliphatic rings. The summed E-state index contributed by atoms with van der Waals surface area (Å²) in [6.07, 6.45) is 0. The van der Waals surface area contributed by atoms with Crippen LogP contribution in [0, 0.1) is 6.92 Å². The molecule has 0 atom stereocenters. The summed E-state index contributed by atoms with van der Waals surface area (Å²) in [5.41, 5.74) is 8.49. The van der Waals surface area contributed by atoms with Crippen LogP contribution < -0.4 is 5.73 Å². The molecule has 0 fully saturated rings. The van der Waals surface area contributed by atoms with Gasteiger partial charge in [0, 0.05) is 5.69 Å². The fourth-order valence-corrected chi connectivity index (χ4v) is 1.83. The molecule has 0 aliphatic heterocycles. The third-order valence-electron chi connectivity index (χ3n) is 1.80. The molecule has 13 heavy (non-hydrogen) atoms. The van der Waals surface area contributed by atoms with E-state index < -0.39 is 0 Å². The molecule has 0 amide bonds. The molecule has 4 heteroatoms. The summed E-state index contributed by atoms with van der Waals surface area (Å²) in [4.78, 5) is 1.09. The Morgan fingerprint density at radius 3 is 2.85 bits per heavy atom. The lowest BCUT2D eigenvalue weighted by Crippen LogP contribution is -1.84. The van der Waals surface area contributed by atoms with Gasteiger partial charge in [0.2, 0.25) is 0 Å². The van der Waals surface area contributed by atoms with Gasteiger partial charge in [0.1, 0.15) is 0 Å². The molecule has 2 rings (SSSR count). The number of hydrogen-bond acceptors (Lipinski definition) is 4. The number of nitrogens with zero attached hydrogens (tertiary/aromatic N) is 2. The zero-order valence-electron chi connectivity index (χ0n) is 7.19. The SMILES string of the molecule is Cc1nnsc1-c1cccc(N)c1. The molecule has 0 unspecified atom stereocenters. The van der Waals surface area contributed by atoms with Gasteiger partial charge in [-0.15, -0.1) is 5.10 Å². The Balaban J connectivity index is 2.53. The first-order chi connectivity index (χ1) is 6.27. The highest BCUT2D eigenvalue weighted by molar-refractivity contribution is 7.09. The maximum Gasteiger partial charge on any atom is 0.0803 e. The molecule has 0 radical (unpaired) electrons. The van der Waals surface area contributed by atoms with E-state index in [4.69, 9.17) is 5.73 Å². The van der Waals surface area contributed by atoms with E-state index in [2.05, 4.69) is 9.59 Å². The molecule has 0 spiro atoms. The van der Waals surface area contributed by atoms with E-state index in [1.165, 1.54) is 11.5 Å². The second-order valence-electron chi connectivity index (χ2n) is 2.81. The van der Waals surface area contributed by atoms with E-state index in [0.717, 1.165) is 21.8 Å². The van der Waals surface area contributed by atoms with Crippen LogP contribution in [0.2, 0.25) is 0 Å². The van der Waals surface area contributed by atoms with Crippen LogP contribution in [0.4, 0.5) is 5.69 Å². The van der Waals surface area contributed by atoms with Crippen molar-refractivity contribution in [3.63, 3.8) is 0 Å². The van der Waals surface area contributed by atoms with Crippen molar-refractivity contribution in [3.8, 4) is 10.4 Å². The molecule has 1 aromatic carbocycles. The number of benzene rings is 1. The largest absolute Gasteiger partial charge is 0.399 e. The summed E-state index contributed by atoms with van der Waals surface area (Å²) in [5.74, 6) is 0. The monoisotopic (exact) mass is 191 g/mol. The Bertz CT molecular complexity index is 422. The number of rotatable bonds is 1. The third-order valence-corrected chi connectivity index (χ3v) is 2.68. The van der Waals surface area contributed by atoms with Gasteiger partial charge in [-0.1, -0.05) is 16.6 Å². The highest BCUT2D eigenvalue weighted by Crippen LogP contribution is 2.26. The molecule has 0 aliphatic carbocycles. The van der Waals surface area contributed by atoms with Gasteiger partial charge in [-0.25, -0.2) is 0 Å². The summed E-state index contributed by atoms with van der Waals surface area (Å²) in [6, 6.07) is 7.75. The Kier molecular flexibility index (Phi) is 1.98. The molecule has 0 bridgehead atoms. The highest BCUT2D eigenvalue weighted by Gasteiger charge is 2.05. The Labute approximate surface area is 80.4 Å². The normalized spacial score (nSPS) is 10.2. The van der Waals surface area contributed by atoms with Gasteiger partial charge in [0.05, 0.1) is 10.6 Å². The lowest BCUT2D eigenvalue weighted by molar-refractivity contribution is 1.09. The fraction of sp³-hybridized carbons (Fsp3) is 0.111. The minimum atomic E-state index is 0.769. The molecule has 0 saturated heterocycles. The summed E-state index contributed by atoms with van der Waals surface area (Å²) in [5, 5.41) is 3.95. The van der Waals surface area contributed by atoms with Crippen LogP contribution in [-0.2, 0) is 0 Å². The first-order valence-corrected chi connectivity index (χ1v) is 4.69. The molecular weight excluding hydrogens is 182 g/mol. The molecule has 66 valence electrons. The maximum absolute atomic E-state index is 5.68. The van der Waals surface area contributed by atoms with Crippen LogP contribution >= 0.6 is 11.5 Å². The van der Waals surface area contributed by atoms with E-state index in [-0.39, 0.29) is 0 Å². The second kappa shape index (κ2) is 3.14. The fourth-order valence-electron chi connectivity index (χ4n) is 1.18. The van der Waals surface area contributed by atoms with Gasteiger partial charge in [-0.3, -0.25) is 0 Å². The quantitative estimate of drug-likeness (QED) is 0.702. The number of nitrogens with two attached hydrogens (primary N) is 1. The number of aryl methyl sites for hydroxylation is 1. The number of hydrogen-bond donors (Lipinski definition) is 1. The van der Waals surface area contributed by atoms with Gasteiger partial charge in [-0.2, -0.15) is 0 Å². The average Bonchev–Trinajstić information content (AvgIpc) is 2.51. The minimum absolute atomic E-state index is 0.769. The van der Waals surface area contributed by atoms with E-state index in [0.29, 0.717) is 0 Å². The van der Waals surface area contributed by atoms with Crippen molar-refractivity contribution in [2.75, 3.05) is 5.73 Å². The van der Waals surface area contributed by atoms with E-state index >= 15 is 0 Å². The smallest absolute Gasteiger partial charge is 0.0803 e. The van der Waals surface area contributed by atoms with Crippen molar-refractivity contribution in [1.82, 2.24) is 9.59 Å². The standard InChI is InChI=1S/C9H9N3S/c1-6-9(13-12-11-6)7-3-2-4-8(10)5-7/h2-5H,10H2,1H3. The summed E-state index contributed by atoms with van der Waals surface area (Å²) in [7, 11) is 0. The number of anilines is 1. The first kappa shape index (κ1) is 8.19. The van der Waals surface area contributed by atoms with E-state index in [1.54, 1.807) is 0 Å². The van der Waals surface area contributed by atoms with Gasteiger partial charge in [-0.05, 0) is 36.2 Å². The Morgan fingerprint density at radius 2 is 2.23 bits per heavy atom. The zero-order valence-corrected chi connectivity index (χ0v) is 8.01. The van der Waals surface area contributed by atoms with Crippen LogP contribution in [0.1, 0.15) is 5.69 Å². The second-order valence-corrected chi connectivity index (χ2v) is 3.57. The minimum Gasteiger partial charge on any atom is -0.399 e. The number of aromatic nitrogens is 2. The summed E-state index contributed by atoms with van der Waals surface area (Å²) < 4.78 is 3.88. The summed E-state index contributed by atoms with van der Waals surface area (Å²) >= 11 is 1.39. The van der Waals surface area contributed by atoms with Crippen LogP contribution in [0.3, 0.4) is 0 Å².